The highest BCUT2D eigenvalue weighted by atomic mass is 16.2. The Kier molecular flexibility index (Phi) is 5.01. The van der Waals surface area contributed by atoms with Crippen LogP contribution in [0.15, 0.2) is 18.2 Å². The Morgan fingerprint density at radius 1 is 1.24 bits per heavy atom. The quantitative estimate of drug-likeness (QED) is 0.796. The van der Waals surface area contributed by atoms with Crippen molar-refractivity contribution in [3.63, 3.8) is 0 Å². The summed E-state index contributed by atoms with van der Waals surface area (Å²) in [5.41, 5.74) is 8.12. The fraction of sp³-hybridized carbons (Fsp3) is 0.500. The van der Waals surface area contributed by atoms with Gasteiger partial charge in [0.2, 0.25) is 0 Å². The molecule has 3 heteroatoms. The van der Waals surface area contributed by atoms with Crippen molar-refractivity contribution in [3.8, 4) is 0 Å². The van der Waals surface area contributed by atoms with Crippen molar-refractivity contribution in [1.82, 2.24) is 4.90 Å². The van der Waals surface area contributed by atoms with Crippen LogP contribution in [0.1, 0.15) is 42.6 Å². The molecule has 0 saturated carbocycles. The fourth-order valence-electron chi connectivity index (χ4n) is 1.95. The van der Waals surface area contributed by atoms with Crippen LogP contribution in [0.25, 0.3) is 0 Å². The van der Waals surface area contributed by atoms with Gasteiger partial charge < -0.3 is 10.6 Å². The van der Waals surface area contributed by atoms with Crippen molar-refractivity contribution in [3.05, 3.63) is 29.3 Å². The first-order valence-corrected chi connectivity index (χ1v) is 6.25. The summed E-state index contributed by atoms with van der Waals surface area (Å²) in [6, 6.07) is 5.46. The topological polar surface area (TPSA) is 46.3 Å². The van der Waals surface area contributed by atoms with Gasteiger partial charge in [-0.05, 0) is 43.5 Å². The van der Waals surface area contributed by atoms with Gasteiger partial charge in [-0.2, -0.15) is 0 Å². The molecule has 94 valence electrons. The van der Waals surface area contributed by atoms with Crippen molar-refractivity contribution in [2.75, 3.05) is 18.8 Å². The third kappa shape index (κ3) is 3.48. The Bertz CT molecular complexity index is 382. The van der Waals surface area contributed by atoms with Gasteiger partial charge in [0, 0.05) is 24.3 Å². The first-order valence-electron chi connectivity index (χ1n) is 6.25. The molecule has 0 aromatic heterocycles. The molecule has 1 aromatic carbocycles. The lowest BCUT2D eigenvalue weighted by molar-refractivity contribution is 0.0755. The lowest BCUT2D eigenvalue weighted by Crippen LogP contribution is -2.32. The zero-order valence-electron chi connectivity index (χ0n) is 11.0. The molecule has 0 saturated heterocycles. The molecule has 1 aromatic rings. The number of carbonyl (C=O) groups excluding carboxylic acids is 1. The van der Waals surface area contributed by atoms with Crippen molar-refractivity contribution in [2.24, 2.45) is 0 Å². The predicted molar refractivity (Wildman–Crippen MR) is 72.1 cm³/mol. The van der Waals surface area contributed by atoms with Crippen LogP contribution in [-0.4, -0.2) is 23.9 Å². The molecule has 0 unspecified atom stereocenters. The van der Waals surface area contributed by atoms with E-state index in [1.807, 2.05) is 24.0 Å². The Morgan fingerprint density at radius 2 is 1.82 bits per heavy atom. The van der Waals surface area contributed by atoms with Crippen molar-refractivity contribution < 1.29 is 4.79 Å². The number of anilines is 1. The summed E-state index contributed by atoms with van der Waals surface area (Å²) >= 11 is 0. The minimum absolute atomic E-state index is 0.117. The van der Waals surface area contributed by atoms with Gasteiger partial charge >= 0.3 is 0 Å². The van der Waals surface area contributed by atoms with Crippen LogP contribution >= 0.6 is 0 Å². The van der Waals surface area contributed by atoms with E-state index in [0.29, 0.717) is 5.69 Å². The van der Waals surface area contributed by atoms with Crippen LogP contribution in [-0.2, 0) is 0 Å². The van der Waals surface area contributed by atoms with Gasteiger partial charge in [-0.15, -0.1) is 0 Å². The molecule has 1 amide bonds. The molecule has 0 aliphatic heterocycles. The molecular weight excluding hydrogens is 212 g/mol. The SMILES string of the molecule is CCCN(CCC)C(=O)c1ccc(N)cc1C. The molecule has 0 spiro atoms. The summed E-state index contributed by atoms with van der Waals surface area (Å²) in [4.78, 5) is 14.3. The molecule has 0 radical (unpaired) electrons. The minimum Gasteiger partial charge on any atom is -0.399 e. The maximum absolute atomic E-state index is 12.3. The van der Waals surface area contributed by atoms with Gasteiger partial charge in [0.25, 0.3) is 5.91 Å². The van der Waals surface area contributed by atoms with E-state index in [-0.39, 0.29) is 5.91 Å². The van der Waals surface area contributed by atoms with E-state index < -0.39 is 0 Å². The minimum atomic E-state index is 0.117. The normalized spacial score (nSPS) is 10.3. The third-order valence-corrected chi connectivity index (χ3v) is 2.76. The van der Waals surface area contributed by atoms with E-state index >= 15 is 0 Å². The zero-order chi connectivity index (χ0) is 12.8. The summed E-state index contributed by atoms with van der Waals surface area (Å²) in [6.45, 7) is 7.74. The van der Waals surface area contributed by atoms with Gasteiger partial charge in [0.15, 0.2) is 0 Å². The van der Waals surface area contributed by atoms with Crippen molar-refractivity contribution in [1.29, 1.82) is 0 Å². The van der Waals surface area contributed by atoms with E-state index in [0.717, 1.165) is 37.1 Å². The van der Waals surface area contributed by atoms with Crippen LogP contribution in [0.4, 0.5) is 5.69 Å². The van der Waals surface area contributed by atoms with E-state index in [1.54, 1.807) is 6.07 Å². The molecule has 1 rings (SSSR count). The number of carbonyl (C=O) groups is 1. The average molecular weight is 234 g/mol. The second-order valence-corrected chi connectivity index (χ2v) is 4.37. The van der Waals surface area contributed by atoms with Crippen LogP contribution in [0, 0.1) is 6.92 Å². The first kappa shape index (κ1) is 13.6. The molecule has 2 N–H and O–H groups in total. The molecule has 17 heavy (non-hydrogen) atoms. The summed E-state index contributed by atoms with van der Waals surface area (Å²) < 4.78 is 0. The van der Waals surface area contributed by atoms with E-state index in [2.05, 4.69) is 13.8 Å². The molecule has 0 aliphatic carbocycles. The van der Waals surface area contributed by atoms with Crippen molar-refractivity contribution in [2.45, 2.75) is 33.6 Å². The summed E-state index contributed by atoms with van der Waals surface area (Å²) in [5, 5.41) is 0. The van der Waals surface area contributed by atoms with E-state index in [1.165, 1.54) is 0 Å². The fourth-order valence-corrected chi connectivity index (χ4v) is 1.95. The number of aryl methyl sites for hydroxylation is 1. The number of nitrogens with zero attached hydrogens (tertiary/aromatic N) is 1. The molecule has 3 nitrogen and oxygen atoms in total. The van der Waals surface area contributed by atoms with E-state index in [4.69, 9.17) is 5.73 Å². The standard InChI is InChI=1S/C14H22N2O/c1-4-8-16(9-5-2)14(17)13-7-6-12(15)10-11(13)3/h6-7,10H,4-5,8-9,15H2,1-3H3. The molecule has 0 aliphatic rings. The molecule has 0 bridgehead atoms. The van der Waals surface area contributed by atoms with Crippen LogP contribution in [0.2, 0.25) is 0 Å². The largest absolute Gasteiger partial charge is 0.399 e. The third-order valence-electron chi connectivity index (χ3n) is 2.76. The molecule has 0 atom stereocenters. The highest BCUT2D eigenvalue weighted by Gasteiger charge is 2.15. The van der Waals surface area contributed by atoms with Crippen LogP contribution < -0.4 is 5.73 Å². The van der Waals surface area contributed by atoms with Gasteiger partial charge in [-0.1, -0.05) is 13.8 Å². The Hall–Kier alpha value is -1.51. The first-order chi connectivity index (χ1) is 8.10. The monoisotopic (exact) mass is 234 g/mol. The Morgan fingerprint density at radius 3 is 2.29 bits per heavy atom. The maximum atomic E-state index is 12.3. The van der Waals surface area contributed by atoms with Crippen molar-refractivity contribution >= 4 is 11.6 Å². The highest BCUT2D eigenvalue weighted by molar-refractivity contribution is 5.96. The number of nitrogen functional groups attached to an aromatic ring is 1. The number of hydrogen-bond donors (Lipinski definition) is 1. The Balaban J connectivity index is 2.92. The van der Waals surface area contributed by atoms with Gasteiger partial charge in [-0.3, -0.25) is 4.79 Å². The predicted octanol–water partition coefficient (Wildman–Crippen LogP) is 2.84. The van der Waals surface area contributed by atoms with Crippen LogP contribution in [0.5, 0.6) is 0 Å². The zero-order valence-corrected chi connectivity index (χ0v) is 11.0. The molecule has 0 heterocycles. The number of hydrogen-bond acceptors (Lipinski definition) is 2. The summed E-state index contributed by atoms with van der Waals surface area (Å²) in [7, 11) is 0. The lowest BCUT2D eigenvalue weighted by Gasteiger charge is -2.22. The molecule has 0 fully saturated rings. The highest BCUT2D eigenvalue weighted by Crippen LogP contribution is 2.15. The number of rotatable bonds is 5. The van der Waals surface area contributed by atoms with Gasteiger partial charge in [0.1, 0.15) is 0 Å². The Labute approximate surface area is 104 Å². The number of benzene rings is 1. The maximum Gasteiger partial charge on any atom is 0.254 e. The number of amides is 1. The number of nitrogens with two attached hydrogens (primary N) is 1. The summed E-state index contributed by atoms with van der Waals surface area (Å²) in [6.07, 6.45) is 1.97. The molecular formula is C14H22N2O. The van der Waals surface area contributed by atoms with Crippen LogP contribution in [0.3, 0.4) is 0 Å². The van der Waals surface area contributed by atoms with Gasteiger partial charge in [-0.25, -0.2) is 0 Å². The second kappa shape index (κ2) is 6.28. The summed E-state index contributed by atoms with van der Waals surface area (Å²) in [5.74, 6) is 0.117. The smallest absolute Gasteiger partial charge is 0.254 e. The van der Waals surface area contributed by atoms with E-state index in [9.17, 15) is 4.79 Å². The lowest BCUT2D eigenvalue weighted by atomic mass is 10.1. The van der Waals surface area contributed by atoms with Gasteiger partial charge in [0.05, 0.1) is 0 Å². The average Bonchev–Trinajstić information content (AvgIpc) is 2.28. The second-order valence-electron chi connectivity index (χ2n) is 4.37.